The minimum Gasteiger partial charge on any atom is -0.294 e. The van der Waals surface area contributed by atoms with Gasteiger partial charge in [0.15, 0.2) is 5.78 Å². The van der Waals surface area contributed by atoms with Crippen LogP contribution in [0.1, 0.15) is 22.5 Å². The Morgan fingerprint density at radius 2 is 2.07 bits per heavy atom. The number of ketones is 1. The van der Waals surface area contributed by atoms with Crippen molar-refractivity contribution in [2.75, 3.05) is 12.0 Å². The molecular weight excluding hydrogens is 214 g/mol. The fraction of sp³-hybridized carbons (Fsp3) is 0.400. The van der Waals surface area contributed by atoms with Gasteiger partial charge in [-0.15, -0.1) is 0 Å². The maximum atomic E-state index is 11.5. The number of sulfone groups is 1. The number of Topliss-reactive ketones (excluding diaryl/α,β-unsaturated/α-hetero) is 1. The van der Waals surface area contributed by atoms with E-state index in [2.05, 4.69) is 4.98 Å². The minimum atomic E-state index is -3.08. The van der Waals surface area contributed by atoms with Crippen LogP contribution in [0.5, 0.6) is 0 Å². The van der Waals surface area contributed by atoms with E-state index in [-0.39, 0.29) is 18.0 Å². The van der Waals surface area contributed by atoms with Gasteiger partial charge in [0.2, 0.25) is 0 Å². The third-order valence-corrected chi connectivity index (χ3v) is 2.88. The van der Waals surface area contributed by atoms with Gasteiger partial charge < -0.3 is 0 Å². The average Bonchev–Trinajstić information content (AvgIpc) is 2.14. The van der Waals surface area contributed by atoms with Crippen molar-refractivity contribution < 1.29 is 13.2 Å². The van der Waals surface area contributed by atoms with Crippen LogP contribution in [0.4, 0.5) is 0 Å². The lowest BCUT2D eigenvalue weighted by atomic mass is 10.1. The summed E-state index contributed by atoms with van der Waals surface area (Å²) in [4.78, 5) is 15.5. The Bertz CT molecular complexity index is 448. The maximum Gasteiger partial charge on any atom is 0.165 e. The zero-order valence-corrected chi connectivity index (χ0v) is 9.54. The molecule has 1 rings (SSSR count). The van der Waals surface area contributed by atoms with Gasteiger partial charge in [0.05, 0.1) is 5.75 Å². The minimum absolute atomic E-state index is 0.0174. The summed E-state index contributed by atoms with van der Waals surface area (Å²) in [5.74, 6) is -0.299. The van der Waals surface area contributed by atoms with Crippen molar-refractivity contribution in [2.45, 2.75) is 13.3 Å². The van der Waals surface area contributed by atoms with Gasteiger partial charge in [0, 0.05) is 30.1 Å². The molecule has 0 aliphatic carbocycles. The molecule has 82 valence electrons. The van der Waals surface area contributed by atoms with E-state index in [4.69, 9.17) is 0 Å². The lowest BCUT2D eigenvalue weighted by molar-refractivity contribution is 0.0988. The van der Waals surface area contributed by atoms with E-state index in [0.717, 1.165) is 11.9 Å². The van der Waals surface area contributed by atoms with E-state index in [9.17, 15) is 13.2 Å². The molecule has 1 heterocycles. The molecule has 0 spiro atoms. The van der Waals surface area contributed by atoms with Crippen LogP contribution in [0.3, 0.4) is 0 Å². The summed E-state index contributed by atoms with van der Waals surface area (Å²) in [6.45, 7) is 1.82. The van der Waals surface area contributed by atoms with E-state index in [0.29, 0.717) is 5.56 Å². The van der Waals surface area contributed by atoms with Crippen LogP contribution >= 0.6 is 0 Å². The van der Waals surface area contributed by atoms with Crippen molar-refractivity contribution >= 4 is 15.6 Å². The second-order valence-electron chi connectivity index (χ2n) is 3.49. The van der Waals surface area contributed by atoms with Crippen molar-refractivity contribution in [2.24, 2.45) is 0 Å². The number of rotatable bonds is 4. The SMILES string of the molecule is Cc1ccc(C(=O)CCS(C)(=O)=O)cn1. The van der Waals surface area contributed by atoms with Gasteiger partial charge in [-0.25, -0.2) is 8.42 Å². The summed E-state index contributed by atoms with van der Waals surface area (Å²) >= 11 is 0. The van der Waals surface area contributed by atoms with Gasteiger partial charge in [0.25, 0.3) is 0 Å². The van der Waals surface area contributed by atoms with Crippen LogP contribution in [-0.2, 0) is 9.84 Å². The highest BCUT2D eigenvalue weighted by Gasteiger charge is 2.10. The third kappa shape index (κ3) is 4.20. The van der Waals surface area contributed by atoms with E-state index >= 15 is 0 Å². The first-order valence-electron chi connectivity index (χ1n) is 4.52. The van der Waals surface area contributed by atoms with Gasteiger partial charge in [-0.2, -0.15) is 0 Å². The number of carbonyl (C=O) groups excluding carboxylic acids is 1. The number of carbonyl (C=O) groups is 1. The predicted molar refractivity (Wildman–Crippen MR) is 57.6 cm³/mol. The summed E-state index contributed by atoms with van der Waals surface area (Å²) in [5, 5.41) is 0. The molecule has 0 saturated heterocycles. The molecule has 0 radical (unpaired) electrons. The average molecular weight is 227 g/mol. The monoisotopic (exact) mass is 227 g/mol. The Hall–Kier alpha value is -1.23. The number of nitrogens with zero attached hydrogens (tertiary/aromatic N) is 1. The topological polar surface area (TPSA) is 64.1 Å². The van der Waals surface area contributed by atoms with Crippen LogP contribution in [0.2, 0.25) is 0 Å². The molecule has 0 N–H and O–H groups in total. The summed E-state index contributed by atoms with van der Waals surface area (Å²) in [6.07, 6.45) is 2.61. The maximum absolute atomic E-state index is 11.5. The number of pyridine rings is 1. The summed E-state index contributed by atoms with van der Waals surface area (Å²) in [5.41, 5.74) is 1.29. The molecule has 0 fully saturated rings. The molecule has 0 amide bonds. The zero-order chi connectivity index (χ0) is 11.5. The Morgan fingerprint density at radius 3 is 2.53 bits per heavy atom. The molecule has 0 aliphatic heterocycles. The van der Waals surface area contributed by atoms with Crippen LogP contribution in [0, 0.1) is 6.92 Å². The smallest absolute Gasteiger partial charge is 0.165 e. The molecule has 0 bridgehead atoms. The number of hydrogen-bond donors (Lipinski definition) is 0. The van der Waals surface area contributed by atoms with E-state index < -0.39 is 9.84 Å². The standard InChI is InChI=1S/C10H13NO3S/c1-8-3-4-9(7-11-8)10(12)5-6-15(2,13)14/h3-4,7H,5-6H2,1-2H3. The summed E-state index contributed by atoms with van der Waals surface area (Å²) < 4.78 is 21.7. The van der Waals surface area contributed by atoms with Crippen molar-refractivity contribution in [1.82, 2.24) is 4.98 Å². The molecule has 0 aromatic carbocycles. The number of aryl methyl sites for hydroxylation is 1. The highest BCUT2D eigenvalue weighted by molar-refractivity contribution is 7.90. The van der Waals surface area contributed by atoms with E-state index in [1.807, 2.05) is 6.92 Å². The van der Waals surface area contributed by atoms with Crippen molar-refractivity contribution in [1.29, 1.82) is 0 Å². The van der Waals surface area contributed by atoms with Gasteiger partial charge in [0.1, 0.15) is 9.84 Å². The molecule has 0 saturated carbocycles. The van der Waals surface area contributed by atoms with Crippen LogP contribution in [0.15, 0.2) is 18.3 Å². The molecule has 1 aromatic rings. The molecule has 0 atom stereocenters. The first-order chi connectivity index (χ1) is 6.88. The molecule has 15 heavy (non-hydrogen) atoms. The van der Waals surface area contributed by atoms with Gasteiger partial charge in [-0.1, -0.05) is 0 Å². The van der Waals surface area contributed by atoms with Crippen LogP contribution < -0.4 is 0 Å². The molecule has 4 nitrogen and oxygen atoms in total. The Kier molecular flexibility index (Phi) is 3.57. The van der Waals surface area contributed by atoms with Crippen molar-refractivity contribution in [3.8, 4) is 0 Å². The highest BCUT2D eigenvalue weighted by atomic mass is 32.2. The summed E-state index contributed by atoms with van der Waals surface area (Å²) in [7, 11) is -3.08. The van der Waals surface area contributed by atoms with E-state index in [1.165, 1.54) is 6.20 Å². The fourth-order valence-corrected chi connectivity index (χ4v) is 1.61. The lowest BCUT2D eigenvalue weighted by Crippen LogP contribution is -2.09. The molecule has 5 heteroatoms. The highest BCUT2D eigenvalue weighted by Crippen LogP contribution is 2.04. The number of hydrogen-bond acceptors (Lipinski definition) is 4. The lowest BCUT2D eigenvalue weighted by Gasteiger charge is -2.00. The quantitative estimate of drug-likeness (QED) is 0.720. The second-order valence-corrected chi connectivity index (χ2v) is 5.75. The van der Waals surface area contributed by atoms with Crippen molar-refractivity contribution in [3.05, 3.63) is 29.6 Å². The Morgan fingerprint density at radius 1 is 1.40 bits per heavy atom. The normalized spacial score (nSPS) is 11.3. The molecular formula is C10H13NO3S. The first-order valence-corrected chi connectivity index (χ1v) is 6.58. The largest absolute Gasteiger partial charge is 0.294 e. The van der Waals surface area contributed by atoms with Gasteiger partial charge in [-0.3, -0.25) is 9.78 Å². The van der Waals surface area contributed by atoms with Gasteiger partial charge in [-0.05, 0) is 19.1 Å². The first kappa shape index (κ1) is 11.8. The Balaban J connectivity index is 2.66. The fourth-order valence-electron chi connectivity index (χ4n) is 1.06. The molecule has 0 unspecified atom stereocenters. The van der Waals surface area contributed by atoms with E-state index in [1.54, 1.807) is 12.1 Å². The zero-order valence-electron chi connectivity index (χ0n) is 8.73. The molecule has 1 aromatic heterocycles. The Labute approximate surface area is 89.3 Å². The van der Waals surface area contributed by atoms with Crippen LogP contribution in [0.25, 0.3) is 0 Å². The van der Waals surface area contributed by atoms with Crippen molar-refractivity contribution in [3.63, 3.8) is 0 Å². The van der Waals surface area contributed by atoms with Crippen LogP contribution in [-0.4, -0.2) is 31.2 Å². The van der Waals surface area contributed by atoms with Gasteiger partial charge >= 0.3 is 0 Å². The molecule has 0 aliphatic rings. The second kappa shape index (κ2) is 4.53. The number of aromatic nitrogens is 1. The third-order valence-electron chi connectivity index (χ3n) is 1.93. The summed E-state index contributed by atoms with van der Waals surface area (Å²) in [6, 6.07) is 3.39. The predicted octanol–water partition coefficient (Wildman–Crippen LogP) is 1.01.